The van der Waals surface area contributed by atoms with Crippen LogP contribution in [0.3, 0.4) is 0 Å². The molecule has 0 aromatic heterocycles. The molecular formula is C17H23N3O2. The molecule has 2 atom stereocenters. The minimum atomic E-state index is -0.00605. The first-order valence-electron chi connectivity index (χ1n) is 8.09. The number of rotatable bonds is 4. The maximum atomic E-state index is 12.3. The van der Waals surface area contributed by atoms with E-state index in [1.54, 1.807) is 6.07 Å². The summed E-state index contributed by atoms with van der Waals surface area (Å²) in [5, 5.41) is 5.84. The normalized spacial score (nSPS) is 24.6. The van der Waals surface area contributed by atoms with Crippen molar-refractivity contribution < 1.29 is 9.59 Å². The molecule has 2 aliphatic carbocycles. The molecule has 2 fully saturated rings. The van der Waals surface area contributed by atoms with Gasteiger partial charge in [0.05, 0.1) is 0 Å². The molecule has 22 heavy (non-hydrogen) atoms. The van der Waals surface area contributed by atoms with Crippen molar-refractivity contribution >= 4 is 23.2 Å². The molecule has 5 nitrogen and oxygen atoms in total. The molecule has 5 heteroatoms. The van der Waals surface area contributed by atoms with E-state index < -0.39 is 0 Å². The van der Waals surface area contributed by atoms with Crippen LogP contribution >= 0.6 is 0 Å². The molecular weight excluding hydrogens is 278 g/mol. The van der Waals surface area contributed by atoms with Gasteiger partial charge in [-0.1, -0.05) is 12.5 Å². The minimum Gasteiger partial charge on any atom is -0.328 e. The van der Waals surface area contributed by atoms with Crippen LogP contribution in [0.1, 0.15) is 38.5 Å². The standard InChI is InChI=1S/C17H23N3O2/c18-13-4-1-3-12(9-13)17(22)20-15-6-2-5-14(10-15)19-16(21)11-7-8-11/h2,5-6,10-13H,1,3-4,7-9,18H2,(H,19,21)(H,20,22). The maximum Gasteiger partial charge on any atom is 0.227 e. The molecule has 3 rings (SSSR count). The summed E-state index contributed by atoms with van der Waals surface area (Å²) in [7, 11) is 0. The van der Waals surface area contributed by atoms with Crippen molar-refractivity contribution in [2.24, 2.45) is 17.6 Å². The van der Waals surface area contributed by atoms with Gasteiger partial charge in [0.2, 0.25) is 11.8 Å². The molecule has 0 heterocycles. The van der Waals surface area contributed by atoms with Gasteiger partial charge in [-0.3, -0.25) is 9.59 Å². The van der Waals surface area contributed by atoms with E-state index >= 15 is 0 Å². The first kappa shape index (κ1) is 15.0. The predicted molar refractivity (Wildman–Crippen MR) is 86.4 cm³/mol. The Morgan fingerprint density at radius 3 is 2.18 bits per heavy atom. The number of carbonyl (C=O) groups is 2. The Labute approximate surface area is 130 Å². The van der Waals surface area contributed by atoms with Crippen molar-refractivity contribution in [1.82, 2.24) is 0 Å². The molecule has 2 aliphatic rings. The van der Waals surface area contributed by atoms with Gasteiger partial charge >= 0.3 is 0 Å². The van der Waals surface area contributed by atoms with Crippen LogP contribution in [0.5, 0.6) is 0 Å². The van der Waals surface area contributed by atoms with E-state index in [0.717, 1.165) is 49.9 Å². The topological polar surface area (TPSA) is 84.2 Å². The number of benzene rings is 1. The number of carbonyl (C=O) groups excluding carboxylic acids is 2. The second-order valence-electron chi connectivity index (χ2n) is 6.46. The smallest absolute Gasteiger partial charge is 0.227 e. The number of amides is 2. The van der Waals surface area contributed by atoms with Crippen LogP contribution in [0.4, 0.5) is 11.4 Å². The summed E-state index contributed by atoms with van der Waals surface area (Å²) in [6.07, 6.45) is 5.62. The third-order valence-electron chi connectivity index (χ3n) is 4.43. The quantitative estimate of drug-likeness (QED) is 0.799. The zero-order valence-electron chi connectivity index (χ0n) is 12.7. The lowest BCUT2D eigenvalue weighted by Gasteiger charge is -2.25. The average molecular weight is 301 g/mol. The Kier molecular flexibility index (Phi) is 4.43. The Balaban J connectivity index is 1.59. The van der Waals surface area contributed by atoms with Crippen LogP contribution in [-0.2, 0) is 9.59 Å². The van der Waals surface area contributed by atoms with Crippen LogP contribution < -0.4 is 16.4 Å². The summed E-state index contributed by atoms with van der Waals surface area (Å²) >= 11 is 0. The van der Waals surface area contributed by atoms with E-state index in [2.05, 4.69) is 10.6 Å². The zero-order chi connectivity index (χ0) is 15.5. The molecule has 2 amide bonds. The van der Waals surface area contributed by atoms with E-state index in [1.807, 2.05) is 18.2 Å². The summed E-state index contributed by atoms with van der Waals surface area (Å²) in [4.78, 5) is 24.1. The van der Waals surface area contributed by atoms with Gasteiger partial charge in [0, 0.05) is 29.3 Å². The minimum absolute atomic E-state index is 0.00605. The van der Waals surface area contributed by atoms with Crippen LogP contribution in [0.2, 0.25) is 0 Å². The molecule has 2 saturated carbocycles. The SMILES string of the molecule is NC1CCCC(C(=O)Nc2cccc(NC(=O)C3CC3)c2)C1. The predicted octanol–water partition coefficient (Wildman–Crippen LogP) is 2.49. The van der Waals surface area contributed by atoms with Gasteiger partial charge in [0.15, 0.2) is 0 Å². The van der Waals surface area contributed by atoms with Gasteiger partial charge in [-0.05, 0) is 50.3 Å². The van der Waals surface area contributed by atoms with Crippen molar-refractivity contribution in [3.63, 3.8) is 0 Å². The summed E-state index contributed by atoms with van der Waals surface area (Å²) < 4.78 is 0. The summed E-state index contributed by atoms with van der Waals surface area (Å²) in [5.41, 5.74) is 7.39. The molecule has 0 spiro atoms. The third kappa shape index (κ3) is 3.85. The fourth-order valence-corrected chi connectivity index (χ4v) is 2.97. The lowest BCUT2D eigenvalue weighted by atomic mass is 9.85. The maximum absolute atomic E-state index is 12.3. The highest BCUT2D eigenvalue weighted by Crippen LogP contribution is 2.30. The monoisotopic (exact) mass is 301 g/mol. The van der Waals surface area contributed by atoms with Crippen molar-refractivity contribution in [1.29, 1.82) is 0 Å². The van der Waals surface area contributed by atoms with Crippen molar-refractivity contribution in [2.45, 2.75) is 44.6 Å². The number of anilines is 2. The highest BCUT2D eigenvalue weighted by Gasteiger charge is 2.29. The Bertz CT molecular complexity index is 569. The fraction of sp³-hybridized carbons (Fsp3) is 0.529. The number of nitrogens with two attached hydrogens (primary N) is 1. The Morgan fingerprint density at radius 1 is 0.955 bits per heavy atom. The summed E-state index contributed by atoms with van der Waals surface area (Å²) in [6.45, 7) is 0. The molecule has 0 radical (unpaired) electrons. The van der Waals surface area contributed by atoms with Crippen molar-refractivity contribution in [3.05, 3.63) is 24.3 Å². The number of nitrogens with one attached hydrogen (secondary N) is 2. The van der Waals surface area contributed by atoms with Crippen LogP contribution in [-0.4, -0.2) is 17.9 Å². The van der Waals surface area contributed by atoms with Crippen LogP contribution in [0.25, 0.3) is 0 Å². The number of hydrogen-bond acceptors (Lipinski definition) is 3. The van der Waals surface area contributed by atoms with Gasteiger partial charge in [-0.25, -0.2) is 0 Å². The summed E-state index contributed by atoms with van der Waals surface area (Å²) in [6, 6.07) is 7.46. The summed E-state index contributed by atoms with van der Waals surface area (Å²) in [5.74, 6) is 0.262. The molecule has 118 valence electrons. The van der Waals surface area contributed by atoms with E-state index in [4.69, 9.17) is 5.73 Å². The highest BCUT2D eigenvalue weighted by atomic mass is 16.2. The molecule has 0 aliphatic heterocycles. The van der Waals surface area contributed by atoms with Crippen LogP contribution in [0.15, 0.2) is 24.3 Å². The first-order chi connectivity index (χ1) is 10.6. The van der Waals surface area contributed by atoms with Gasteiger partial charge in [-0.15, -0.1) is 0 Å². The highest BCUT2D eigenvalue weighted by molar-refractivity contribution is 5.96. The molecule has 0 bridgehead atoms. The zero-order valence-corrected chi connectivity index (χ0v) is 12.7. The second kappa shape index (κ2) is 6.48. The molecule has 2 unspecified atom stereocenters. The lowest BCUT2D eigenvalue weighted by molar-refractivity contribution is -0.121. The van der Waals surface area contributed by atoms with E-state index in [-0.39, 0.29) is 29.7 Å². The fourth-order valence-electron chi connectivity index (χ4n) is 2.97. The van der Waals surface area contributed by atoms with Crippen molar-refractivity contribution in [3.8, 4) is 0 Å². The largest absolute Gasteiger partial charge is 0.328 e. The lowest BCUT2D eigenvalue weighted by Crippen LogP contribution is -2.34. The molecule has 1 aromatic carbocycles. The van der Waals surface area contributed by atoms with Gasteiger partial charge in [0.25, 0.3) is 0 Å². The average Bonchev–Trinajstić information content (AvgIpc) is 3.32. The van der Waals surface area contributed by atoms with Gasteiger partial charge < -0.3 is 16.4 Å². The molecule has 0 saturated heterocycles. The Hall–Kier alpha value is -1.88. The van der Waals surface area contributed by atoms with Gasteiger partial charge in [0.1, 0.15) is 0 Å². The Morgan fingerprint density at radius 2 is 1.59 bits per heavy atom. The second-order valence-corrected chi connectivity index (χ2v) is 6.46. The third-order valence-corrected chi connectivity index (χ3v) is 4.43. The van der Waals surface area contributed by atoms with Crippen LogP contribution in [0, 0.1) is 11.8 Å². The number of hydrogen-bond donors (Lipinski definition) is 3. The first-order valence-corrected chi connectivity index (χ1v) is 8.09. The van der Waals surface area contributed by atoms with E-state index in [9.17, 15) is 9.59 Å². The van der Waals surface area contributed by atoms with E-state index in [1.165, 1.54) is 0 Å². The molecule has 4 N–H and O–H groups in total. The van der Waals surface area contributed by atoms with Crippen molar-refractivity contribution in [2.75, 3.05) is 10.6 Å². The van der Waals surface area contributed by atoms with Gasteiger partial charge in [-0.2, -0.15) is 0 Å². The molecule has 1 aromatic rings. The van der Waals surface area contributed by atoms with E-state index in [0.29, 0.717) is 0 Å².